The summed E-state index contributed by atoms with van der Waals surface area (Å²) in [5.41, 5.74) is 4.67. The van der Waals surface area contributed by atoms with E-state index in [1.807, 2.05) is 18.5 Å². The fraction of sp³-hybridized carbons (Fsp3) is 0.529. The van der Waals surface area contributed by atoms with Crippen molar-refractivity contribution in [2.24, 2.45) is 4.99 Å². The van der Waals surface area contributed by atoms with Crippen molar-refractivity contribution in [2.75, 3.05) is 26.7 Å². The average molecular weight is 505 g/mol. The summed E-state index contributed by atoms with van der Waals surface area (Å²) in [6.45, 7) is 8.68. The van der Waals surface area contributed by atoms with Gasteiger partial charge in [0.1, 0.15) is 4.88 Å². The second-order valence-corrected chi connectivity index (χ2v) is 6.81. The van der Waals surface area contributed by atoms with Gasteiger partial charge in [0.15, 0.2) is 5.96 Å². The molecule has 27 heavy (non-hydrogen) atoms. The standard InChI is InChI=1S/C17H27N7OS.HI/c1-12-10-13(2)24(23-12)9-5-6-20-17(18-4)21-8-7-19-16(25)15-14(3)22-11-26-15;/h10-11H,5-9H2,1-4H3,(H,19,25)(H2,18,20,21);1H. The molecule has 8 nitrogen and oxygen atoms in total. The summed E-state index contributed by atoms with van der Waals surface area (Å²) in [6, 6.07) is 2.08. The monoisotopic (exact) mass is 505 g/mol. The second-order valence-electron chi connectivity index (χ2n) is 5.95. The number of guanidine groups is 1. The summed E-state index contributed by atoms with van der Waals surface area (Å²) in [7, 11) is 1.73. The molecule has 0 bridgehead atoms. The summed E-state index contributed by atoms with van der Waals surface area (Å²) in [4.78, 5) is 20.9. The molecule has 2 rings (SSSR count). The third-order valence-corrected chi connectivity index (χ3v) is 4.75. The Bertz CT molecular complexity index is 756. The van der Waals surface area contributed by atoms with Gasteiger partial charge in [-0.25, -0.2) is 4.98 Å². The lowest BCUT2D eigenvalue weighted by Crippen LogP contribution is -2.42. The molecule has 0 saturated heterocycles. The van der Waals surface area contributed by atoms with Gasteiger partial charge in [-0.05, 0) is 33.3 Å². The van der Waals surface area contributed by atoms with E-state index in [1.54, 1.807) is 12.6 Å². The maximum Gasteiger partial charge on any atom is 0.263 e. The molecule has 10 heteroatoms. The van der Waals surface area contributed by atoms with Gasteiger partial charge in [0.05, 0.1) is 16.9 Å². The highest BCUT2D eigenvalue weighted by molar-refractivity contribution is 14.0. The molecule has 0 aliphatic rings. The highest BCUT2D eigenvalue weighted by Gasteiger charge is 2.10. The van der Waals surface area contributed by atoms with Crippen LogP contribution in [0.5, 0.6) is 0 Å². The predicted molar refractivity (Wildman–Crippen MR) is 120 cm³/mol. The molecule has 0 aliphatic heterocycles. The van der Waals surface area contributed by atoms with Gasteiger partial charge in [-0.3, -0.25) is 14.5 Å². The van der Waals surface area contributed by atoms with Crippen LogP contribution in [0.15, 0.2) is 16.6 Å². The van der Waals surface area contributed by atoms with Crippen molar-refractivity contribution < 1.29 is 4.79 Å². The zero-order valence-electron chi connectivity index (χ0n) is 16.2. The summed E-state index contributed by atoms with van der Waals surface area (Å²) < 4.78 is 2.02. The predicted octanol–water partition coefficient (Wildman–Crippen LogP) is 1.87. The third-order valence-electron chi connectivity index (χ3n) is 3.82. The third kappa shape index (κ3) is 7.45. The normalized spacial score (nSPS) is 11.0. The number of halogens is 1. The largest absolute Gasteiger partial charge is 0.356 e. The first-order valence-corrected chi connectivity index (χ1v) is 9.53. The van der Waals surface area contributed by atoms with Crippen molar-refractivity contribution in [3.05, 3.63) is 33.5 Å². The molecular formula is C17H28IN7OS. The fourth-order valence-corrected chi connectivity index (χ4v) is 3.23. The number of carbonyl (C=O) groups excluding carboxylic acids is 1. The van der Waals surface area contributed by atoms with E-state index in [4.69, 9.17) is 0 Å². The Morgan fingerprint density at radius 3 is 2.48 bits per heavy atom. The van der Waals surface area contributed by atoms with Crippen LogP contribution in [0, 0.1) is 20.8 Å². The van der Waals surface area contributed by atoms with Gasteiger partial charge < -0.3 is 16.0 Å². The van der Waals surface area contributed by atoms with Crippen LogP contribution in [0.1, 0.15) is 33.2 Å². The van der Waals surface area contributed by atoms with Crippen LogP contribution in [0.25, 0.3) is 0 Å². The van der Waals surface area contributed by atoms with Crippen LogP contribution < -0.4 is 16.0 Å². The molecule has 0 aliphatic carbocycles. The quantitative estimate of drug-likeness (QED) is 0.220. The highest BCUT2D eigenvalue weighted by atomic mass is 127. The number of aromatic nitrogens is 3. The number of hydrogen-bond donors (Lipinski definition) is 3. The zero-order chi connectivity index (χ0) is 18.9. The molecule has 0 fully saturated rings. The molecule has 150 valence electrons. The molecule has 0 atom stereocenters. The molecule has 2 aromatic rings. The zero-order valence-corrected chi connectivity index (χ0v) is 19.4. The first-order chi connectivity index (χ1) is 12.5. The van der Waals surface area contributed by atoms with Gasteiger partial charge in [-0.15, -0.1) is 35.3 Å². The molecule has 0 saturated carbocycles. The van der Waals surface area contributed by atoms with Crippen molar-refractivity contribution in [1.29, 1.82) is 0 Å². The minimum absolute atomic E-state index is 0. The summed E-state index contributed by atoms with van der Waals surface area (Å²) in [6.07, 6.45) is 0.948. The van der Waals surface area contributed by atoms with Gasteiger partial charge in [-0.1, -0.05) is 0 Å². The van der Waals surface area contributed by atoms with Gasteiger partial charge in [0.25, 0.3) is 5.91 Å². The number of aliphatic imine (C=N–C) groups is 1. The lowest BCUT2D eigenvalue weighted by Gasteiger charge is -2.12. The van der Waals surface area contributed by atoms with E-state index in [-0.39, 0.29) is 29.9 Å². The summed E-state index contributed by atoms with van der Waals surface area (Å²) in [5.74, 6) is 0.640. The van der Waals surface area contributed by atoms with E-state index in [9.17, 15) is 4.79 Å². The van der Waals surface area contributed by atoms with Crippen LogP contribution in [-0.4, -0.2) is 53.3 Å². The molecule has 0 radical (unpaired) electrons. The fourth-order valence-electron chi connectivity index (χ4n) is 2.51. The average Bonchev–Trinajstić information content (AvgIpc) is 3.18. The Morgan fingerprint density at radius 2 is 1.89 bits per heavy atom. The van der Waals surface area contributed by atoms with E-state index >= 15 is 0 Å². The van der Waals surface area contributed by atoms with E-state index in [2.05, 4.69) is 44.0 Å². The van der Waals surface area contributed by atoms with Crippen LogP contribution in [-0.2, 0) is 6.54 Å². The maximum absolute atomic E-state index is 12.0. The minimum Gasteiger partial charge on any atom is -0.356 e. The van der Waals surface area contributed by atoms with E-state index in [0.29, 0.717) is 18.0 Å². The molecule has 2 aromatic heterocycles. The SMILES string of the molecule is CN=C(NCCCn1nc(C)cc1C)NCCNC(=O)c1scnc1C.I. The molecule has 3 N–H and O–H groups in total. The van der Waals surface area contributed by atoms with Crippen LogP contribution in [0.4, 0.5) is 0 Å². The molecule has 1 amide bonds. The molecule has 0 spiro atoms. The van der Waals surface area contributed by atoms with Crippen LogP contribution >= 0.6 is 35.3 Å². The molecule has 0 aromatic carbocycles. The number of rotatable bonds is 8. The van der Waals surface area contributed by atoms with E-state index < -0.39 is 0 Å². The summed E-state index contributed by atoms with van der Waals surface area (Å²) >= 11 is 1.35. The van der Waals surface area contributed by atoms with Crippen molar-refractivity contribution in [3.8, 4) is 0 Å². The maximum atomic E-state index is 12.0. The molecule has 0 unspecified atom stereocenters. The lowest BCUT2D eigenvalue weighted by atomic mass is 10.4. The van der Waals surface area contributed by atoms with Gasteiger partial charge in [-0.2, -0.15) is 5.10 Å². The Labute approximate surface area is 181 Å². The van der Waals surface area contributed by atoms with E-state index in [0.717, 1.165) is 36.9 Å². The van der Waals surface area contributed by atoms with Crippen molar-refractivity contribution in [2.45, 2.75) is 33.7 Å². The smallest absolute Gasteiger partial charge is 0.263 e. The van der Waals surface area contributed by atoms with Crippen molar-refractivity contribution >= 4 is 47.2 Å². The highest BCUT2D eigenvalue weighted by Crippen LogP contribution is 2.11. The van der Waals surface area contributed by atoms with E-state index in [1.165, 1.54) is 17.0 Å². The number of nitrogens with zero attached hydrogens (tertiary/aromatic N) is 4. The Morgan fingerprint density at radius 1 is 1.19 bits per heavy atom. The second kappa shape index (κ2) is 11.9. The van der Waals surface area contributed by atoms with Gasteiger partial charge in [0, 0.05) is 38.9 Å². The number of hydrogen-bond acceptors (Lipinski definition) is 5. The number of aryl methyl sites for hydroxylation is 4. The lowest BCUT2D eigenvalue weighted by molar-refractivity contribution is 0.0957. The minimum atomic E-state index is -0.0837. The summed E-state index contributed by atoms with van der Waals surface area (Å²) in [5, 5.41) is 13.8. The van der Waals surface area contributed by atoms with Crippen LogP contribution in [0.2, 0.25) is 0 Å². The number of carbonyl (C=O) groups is 1. The Kier molecular flexibility index (Phi) is 10.3. The number of nitrogens with one attached hydrogen (secondary N) is 3. The van der Waals surface area contributed by atoms with Crippen LogP contribution in [0.3, 0.4) is 0 Å². The van der Waals surface area contributed by atoms with Gasteiger partial charge in [0.2, 0.25) is 0 Å². The number of amides is 1. The molecule has 2 heterocycles. The Hall–Kier alpha value is -1.69. The molecular weight excluding hydrogens is 477 g/mol. The topological polar surface area (TPSA) is 96.2 Å². The van der Waals surface area contributed by atoms with Crippen molar-refractivity contribution in [3.63, 3.8) is 0 Å². The van der Waals surface area contributed by atoms with Crippen molar-refractivity contribution in [1.82, 2.24) is 30.7 Å². The first kappa shape index (κ1) is 23.3. The van der Waals surface area contributed by atoms with Gasteiger partial charge >= 0.3 is 0 Å². The first-order valence-electron chi connectivity index (χ1n) is 8.65. The Balaban J connectivity index is 0.00000364. The number of thiazole rings is 1.